The van der Waals surface area contributed by atoms with Gasteiger partial charge in [-0.05, 0) is 42.7 Å². The van der Waals surface area contributed by atoms with Gasteiger partial charge in [-0.1, -0.05) is 31.4 Å². The Morgan fingerprint density at radius 3 is 2.45 bits per heavy atom. The highest BCUT2D eigenvalue weighted by Crippen LogP contribution is 2.45. The van der Waals surface area contributed by atoms with Crippen LogP contribution in [0.5, 0.6) is 0 Å². The van der Waals surface area contributed by atoms with Gasteiger partial charge in [-0.2, -0.15) is 12.7 Å². The summed E-state index contributed by atoms with van der Waals surface area (Å²) in [6, 6.07) is 1.75. The van der Waals surface area contributed by atoms with E-state index in [1.165, 1.54) is 4.31 Å². The molecule has 1 heterocycles. The monoisotopic (exact) mass is 449 g/mol. The first-order valence-corrected chi connectivity index (χ1v) is 11.7. The molecule has 0 unspecified atom stereocenters. The molecule has 2 N–H and O–H groups in total. The molecule has 1 aromatic rings. The number of amides is 1. The highest BCUT2D eigenvalue weighted by molar-refractivity contribution is 7.87. The molecular weight excluding hydrogens is 424 g/mol. The van der Waals surface area contributed by atoms with Crippen molar-refractivity contribution in [2.24, 2.45) is 11.3 Å². The van der Waals surface area contributed by atoms with E-state index in [-0.39, 0.29) is 12.0 Å². The Balaban J connectivity index is 1.69. The van der Waals surface area contributed by atoms with Crippen molar-refractivity contribution >= 4 is 27.7 Å². The zero-order valence-electron chi connectivity index (χ0n) is 16.3. The summed E-state index contributed by atoms with van der Waals surface area (Å²) in [5.41, 5.74) is -0.772. The van der Waals surface area contributed by atoms with Crippen molar-refractivity contribution in [2.75, 3.05) is 26.2 Å². The van der Waals surface area contributed by atoms with Crippen molar-refractivity contribution in [3.8, 4) is 0 Å². The minimum Gasteiger partial charge on any atom is -0.351 e. The third kappa shape index (κ3) is 5.25. The number of hydrogen-bond acceptors (Lipinski definition) is 3. The van der Waals surface area contributed by atoms with E-state index in [1.54, 1.807) is 6.92 Å². The molecule has 1 aliphatic heterocycles. The predicted octanol–water partition coefficient (Wildman–Crippen LogP) is 3.08. The van der Waals surface area contributed by atoms with Crippen LogP contribution in [0.2, 0.25) is 5.02 Å². The molecule has 0 aromatic heterocycles. The van der Waals surface area contributed by atoms with Crippen molar-refractivity contribution in [2.45, 2.75) is 39.0 Å². The number of halogens is 3. The summed E-state index contributed by atoms with van der Waals surface area (Å²) >= 11 is 5.79. The van der Waals surface area contributed by atoms with E-state index in [0.29, 0.717) is 38.4 Å². The molecule has 10 heteroatoms. The van der Waals surface area contributed by atoms with E-state index in [4.69, 9.17) is 11.6 Å². The lowest BCUT2D eigenvalue weighted by atomic mass is 9.74. The van der Waals surface area contributed by atoms with Crippen LogP contribution in [0, 0.1) is 23.0 Å². The van der Waals surface area contributed by atoms with Gasteiger partial charge in [0.15, 0.2) is 0 Å². The molecule has 6 nitrogen and oxygen atoms in total. The Morgan fingerprint density at radius 1 is 1.24 bits per heavy atom. The fourth-order valence-electron chi connectivity index (χ4n) is 3.95. The standard InChI is InChI=1S/C19H26ClF2N3O3S/c1-2-24-29(27,28)25-9-7-19(8-10-25,11-13-3-4-13)12-23-18(26)16-14(21)5-6-15(22)17(16)20/h5-6,13,24H,2-4,7-12H2,1H3,(H,23,26). The van der Waals surface area contributed by atoms with E-state index in [0.717, 1.165) is 31.4 Å². The summed E-state index contributed by atoms with van der Waals surface area (Å²) in [5.74, 6) is -1.92. The van der Waals surface area contributed by atoms with E-state index in [2.05, 4.69) is 10.0 Å². The number of carbonyl (C=O) groups is 1. The molecule has 162 valence electrons. The average molecular weight is 450 g/mol. The zero-order valence-corrected chi connectivity index (χ0v) is 17.9. The fourth-order valence-corrected chi connectivity index (χ4v) is 5.40. The van der Waals surface area contributed by atoms with Crippen molar-refractivity contribution in [3.05, 3.63) is 34.4 Å². The molecular formula is C19H26ClF2N3O3S. The van der Waals surface area contributed by atoms with Gasteiger partial charge in [0.05, 0.1) is 10.6 Å². The van der Waals surface area contributed by atoms with Crippen LogP contribution in [0.15, 0.2) is 12.1 Å². The molecule has 1 saturated heterocycles. The molecule has 1 aromatic carbocycles. The lowest BCUT2D eigenvalue weighted by Crippen LogP contribution is -2.50. The van der Waals surface area contributed by atoms with Crippen molar-refractivity contribution in [1.29, 1.82) is 0 Å². The lowest BCUT2D eigenvalue weighted by molar-refractivity contribution is 0.0866. The Bertz CT molecular complexity index is 870. The predicted molar refractivity (Wildman–Crippen MR) is 107 cm³/mol. The van der Waals surface area contributed by atoms with E-state index in [1.807, 2.05) is 0 Å². The first kappa shape index (κ1) is 22.4. The first-order chi connectivity index (χ1) is 13.7. The third-order valence-electron chi connectivity index (χ3n) is 5.76. The molecule has 1 saturated carbocycles. The summed E-state index contributed by atoms with van der Waals surface area (Å²) in [5, 5.41) is 2.18. The molecule has 1 amide bonds. The number of piperidine rings is 1. The molecule has 1 aliphatic carbocycles. The number of rotatable bonds is 8. The second kappa shape index (κ2) is 8.83. The summed E-state index contributed by atoms with van der Waals surface area (Å²) in [7, 11) is -3.50. The Labute approximate surface area is 175 Å². The van der Waals surface area contributed by atoms with Crippen LogP contribution < -0.4 is 10.0 Å². The van der Waals surface area contributed by atoms with Gasteiger partial charge in [-0.15, -0.1) is 0 Å². The maximum atomic E-state index is 14.0. The molecule has 0 atom stereocenters. The SMILES string of the molecule is CCNS(=O)(=O)N1CCC(CNC(=O)c2c(F)ccc(F)c2Cl)(CC2CC2)CC1. The Kier molecular flexibility index (Phi) is 6.82. The summed E-state index contributed by atoms with van der Waals surface area (Å²) < 4.78 is 56.1. The molecule has 3 rings (SSSR count). The van der Waals surface area contributed by atoms with Gasteiger partial charge < -0.3 is 5.32 Å². The number of hydrogen-bond donors (Lipinski definition) is 2. The average Bonchev–Trinajstić information content (AvgIpc) is 3.48. The summed E-state index contributed by atoms with van der Waals surface area (Å²) in [6.45, 7) is 3.02. The van der Waals surface area contributed by atoms with E-state index < -0.39 is 38.3 Å². The van der Waals surface area contributed by atoms with Crippen LogP contribution in [-0.2, 0) is 10.2 Å². The van der Waals surface area contributed by atoms with Gasteiger partial charge >= 0.3 is 0 Å². The van der Waals surface area contributed by atoms with Gasteiger partial charge in [0.1, 0.15) is 11.6 Å². The number of nitrogens with one attached hydrogen (secondary N) is 2. The van der Waals surface area contributed by atoms with Gasteiger partial charge in [0.2, 0.25) is 0 Å². The second-order valence-electron chi connectivity index (χ2n) is 7.95. The smallest absolute Gasteiger partial charge is 0.279 e. The minimum absolute atomic E-state index is 0.268. The molecule has 0 spiro atoms. The van der Waals surface area contributed by atoms with Crippen LogP contribution >= 0.6 is 11.6 Å². The Hall–Kier alpha value is -1.29. The second-order valence-corrected chi connectivity index (χ2v) is 10.1. The topological polar surface area (TPSA) is 78.5 Å². The highest BCUT2D eigenvalue weighted by Gasteiger charge is 2.42. The summed E-state index contributed by atoms with van der Waals surface area (Å²) in [6.07, 6.45) is 4.31. The van der Waals surface area contributed by atoms with E-state index in [9.17, 15) is 22.0 Å². The van der Waals surface area contributed by atoms with Gasteiger partial charge in [-0.3, -0.25) is 4.79 Å². The fraction of sp³-hybridized carbons (Fsp3) is 0.632. The highest BCUT2D eigenvalue weighted by atomic mass is 35.5. The van der Waals surface area contributed by atoms with Gasteiger partial charge in [0, 0.05) is 26.2 Å². The van der Waals surface area contributed by atoms with E-state index >= 15 is 0 Å². The maximum Gasteiger partial charge on any atom is 0.279 e. The lowest BCUT2D eigenvalue weighted by Gasteiger charge is -2.41. The van der Waals surface area contributed by atoms with Crippen molar-refractivity contribution in [1.82, 2.24) is 14.3 Å². The molecule has 29 heavy (non-hydrogen) atoms. The summed E-state index contributed by atoms with van der Waals surface area (Å²) in [4.78, 5) is 12.5. The van der Waals surface area contributed by atoms with Gasteiger partial charge in [0.25, 0.3) is 16.1 Å². The van der Waals surface area contributed by atoms with Crippen LogP contribution in [0.3, 0.4) is 0 Å². The number of carbonyl (C=O) groups excluding carboxylic acids is 1. The molecule has 0 radical (unpaired) electrons. The normalized spacial score (nSPS) is 19.9. The first-order valence-electron chi connectivity index (χ1n) is 9.84. The van der Waals surface area contributed by atoms with Gasteiger partial charge in [-0.25, -0.2) is 13.5 Å². The van der Waals surface area contributed by atoms with Crippen molar-refractivity contribution < 1.29 is 22.0 Å². The zero-order chi connectivity index (χ0) is 21.2. The van der Waals surface area contributed by atoms with Crippen LogP contribution in [-0.4, -0.2) is 44.8 Å². The molecule has 0 bridgehead atoms. The van der Waals surface area contributed by atoms with Crippen LogP contribution in [0.4, 0.5) is 8.78 Å². The maximum absolute atomic E-state index is 14.0. The van der Waals surface area contributed by atoms with Crippen molar-refractivity contribution in [3.63, 3.8) is 0 Å². The van der Waals surface area contributed by atoms with Crippen LogP contribution in [0.25, 0.3) is 0 Å². The largest absolute Gasteiger partial charge is 0.351 e. The number of benzene rings is 1. The number of nitrogens with zero attached hydrogens (tertiary/aromatic N) is 1. The Morgan fingerprint density at radius 2 is 1.86 bits per heavy atom. The minimum atomic E-state index is -3.50. The third-order valence-corrected chi connectivity index (χ3v) is 7.83. The van der Waals surface area contributed by atoms with Crippen LogP contribution in [0.1, 0.15) is 49.4 Å². The molecule has 2 aliphatic rings. The quantitative estimate of drug-likeness (QED) is 0.598. The molecule has 2 fully saturated rings.